The summed E-state index contributed by atoms with van der Waals surface area (Å²) in [6, 6.07) is -1.04. The second kappa shape index (κ2) is 4.26. The molecule has 0 aromatic rings. The van der Waals surface area contributed by atoms with E-state index in [9.17, 15) is 9.59 Å². The van der Waals surface area contributed by atoms with Crippen LogP contribution in [0.2, 0.25) is 0 Å². The van der Waals surface area contributed by atoms with E-state index in [1.165, 1.54) is 7.05 Å². The van der Waals surface area contributed by atoms with Gasteiger partial charge in [0.15, 0.2) is 5.84 Å². The molecule has 1 saturated heterocycles. The summed E-state index contributed by atoms with van der Waals surface area (Å²) in [5, 5.41) is 14.0. The second-order valence-electron chi connectivity index (χ2n) is 3.46. The van der Waals surface area contributed by atoms with Crippen molar-refractivity contribution in [3.05, 3.63) is 0 Å². The van der Waals surface area contributed by atoms with Gasteiger partial charge in [-0.15, -0.1) is 0 Å². The summed E-state index contributed by atoms with van der Waals surface area (Å²) in [5.74, 6) is -0.549. The van der Waals surface area contributed by atoms with Crippen molar-refractivity contribution in [2.24, 2.45) is 10.9 Å². The quantitative estimate of drug-likeness (QED) is 0.174. The molecule has 0 aliphatic carbocycles. The van der Waals surface area contributed by atoms with Crippen molar-refractivity contribution in [2.45, 2.75) is 25.4 Å². The van der Waals surface area contributed by atoms with E-state index in [-0.39, 0.29) is 24.1 Å². The zero-order chi connectivity index (χ0) is 11.6. The van der Waals surface area contributed by atoms with E-state index >= 15 is 0 Å². The number of rotatable bonds is 3. The molecule has 15 heavy (non-hydrogen) atoms. The summed E-state index contributed by atoms with van der Waals surface area (Å²) in [6.45, 7) is 1.64. The first-order valence-electron chi connectivity index (χ1n) is 4.51. The molecule has 1 rings (SSSR count). The van der Waals surface area contributed by atoms with Crippen LogP contribution in [0.25, 0.3) is 0 Å². The first-order valence-corrected chi connectivity index (χ1v) is 4.51. The van der Waals surface area contributed by atoms with E-state index in [1.807, 2.05) is 0 Å². The van der Waals surface area contributed by atoms with Crippen LogP contribution in [0.1, 0.15) is 13.3 Å². The Labute approximate surface area is 86.9 Å². The van der Waals surface area contributed by atoms with Crippen LogP contribution in [0.5, 0.6) is 0 Å². The molecule has 7 nitrogen and oxygen atoms in total. The number of carbonyl (C=O) groups is 2. The Balaban J connectivity index is 2.61. The van der Waals surface area contributed by atoms with E-state index in [0.29, 0.717) is 0 Å². The van der Waals surface area contributed by atoms with Crippen molar-refractivity contribution in [3.63, 3.8) is 0 Å². The first kappa shape index (κ1) is 11.4. The number of likely N-dealkylation sites (tertiary alicyclic amines) is 1. The number of nitrogens with zero attached hydrogens (tertiary/aromatic N) is 2. The summed E-state index contributed by atoms with van der Waals surface area (Å²) >= 11 is 0. The van der Waals surface area contributed by atoms with E-state index in [0.717, 1.165) is 4.90 Å². The standard InChI is InChI=1S/C8H14N4O3/c1-4(7(9)11-15)10-5-3-6(13)12(2)8(5)14/h4-5,10,15H,3H2,1-2H3,(H2,9,11). The number of amides is 2. The van der Waals surface area contributed by atoms with Gasteiger partial charge in [-0.25, -0.2) is 0 Å². The van der Waals surface area contributed by atoms with Gasteiger partial charge in [0.2, 0.25) is 11.8 Å². The predicted octanol–water partition coefficient (Wildman–Crippen LogP) is -1.53. The van der Waals surface area contributed by atoms with Gasteiger partial charge in [-0.2, -0.15) is 0 Å². The van der Waals surface area contributed by atoms with Crippen LogP contribution in [-0.4, -0.2) is 46.9 Å². The van der Waals surface area contributed by atoms with Crippen molar-refractivity contribution < 1.29 is 14.8 Å². The van der Waals surface area contributed by atoms with Crippen molar-refractivity contribution >= 4 is 17.6 Å². The minimum Gasteiger partial charge on any atom is -0.409 e. The van der Waals surface area contributed by atoms with E-state index < -0.39 is 12.1 Å². The van der Waals surface area contributed by atoms with Crippen LogP contribution in [0.15, 0.2) is 5.16 Å². The molecule has 2 amide bonds. The maximum Gasteiger partial charge on any atom is 0.246 e. The zero-order valence-electron chi connectivity index (χ0n) is 8.60. The Morgan fingerprint density at radius 2 is 2.33 bits per heavy atom. The highest BCUT2D eigenvalue weighted by Gasteiger charge is 2.36. The number of carbonyl (C=O) groups excluding carboxylic acids is 2. The van der Waals surface area contributed by atoms with Gasteiger partial charge in [0, 0.05) is 7.05 Å². The van der Waals surface area contributed by atoms with Gasteiger partial charge in [0.25, 0.3) is 0 Å². The molecule has 1 fully saturated rings. The fraction of sp³-hybridized carbons (Fsp3) is 0.625. The third-order valence-electron chi connectivity index (χ3n) is 2.39. The van der Waals surface area contributed by atoms with Crippen LogP contribution in [0.4, 0.5) is 0 Å². The highest BCUT2D eigenvalue weighted by molar-refractivity contribution is 6.05. The fourth-order valence-electron chi connectivity index (χ4n) is 1.36. The molecule has 0 aromatic heterocycles. The van der Waals surface area contributed by atoms with E-state index in [2.05, 4.69) is 10.5 Å². The van der Waals surface area contributed by atoms with Gasteiger partial charge in [0.05, 0.1) is 18.5 Å². The molecular formula is C8H14N4O3. The van der Waals surface area contributed by atoms with E-state index in [1.54, 1.807) is 6.92 Å². The number of hydrogen-bond donors (Lipinski definition) is 3. The molecule has 0 spiro atoms. The number of amidine groups is 1. The molecule has 1 heterocycles. The molecule has 0 bridgehead atoms. The molecule has 0 aromatic carbocycles. The lowest BCUT2D eigenvalue weighted by atomic mass is 10.2. The Morgan fingerprint density at radius 3 is 2.73 bits per heavy atom. The highest BCUT2D eigenvalue weighted by Crippen LogP contribution is 2.10. The van der Waals surface area contributed by atoms with Gasteiger partial charge in [-0.05, 0) is 6.92 Å². The Kier molecular flexibility index (Phi) is 3.25. The third kappa shape index (κ3) is 2.24. The summed E-state index contributed by atoms with van der Waals surface area (Å²) in [4.78, 5) is 23.7. The molecule has 1 aliphatic rings. The summed E-state index contributed by atoms with van der Waals surface area (Å²) in [7, 11) is 1.43. The fourth-order valence-corrected chi connectivity index (χ4v) is 1.36. The van der Waals surface area contributed by atoms with Crippen LogP contribution in [0.3, 0.4) is 0 Å². The molecule has 7 heteroatoms. The predicted molar refractivity (Wildman–Crippen MR) is 52.2 cm³/mol. The topological polar surface area (TPSA) is 108 Å². The van der Waals surface area contributed by atoms with Gasteiger partial charge in [-0.1, -0.05) is 5.16 Å². The average molecular weight is 214 g/mol. The minimum absolute atomic E-state index is 0.0233. The Hall–Kier alpha value is -1.63. The molecule has 0 radical (unpaired) electrons. The zero-order valence-corrected chi connectivity index (χ0v) is 8.60. The number of nitrogens with one attached hydrogen (secondary N) is 1. The van der Waals surface area contributed by atoms with Crippen LogP contribution >= 0.6 is 0 Å². The molecule has 2 unspecified atom stereocenters. The monoisotopic (exact) mass is 214 g/mol. The van der Waals surface area contributed by atoms with Crippen LogP contribution in [-0.2, 0) is 9.59 Å². The van der Waals surface area contributed by atoms with Crippen molar-refractivity contribution in [3.8, 4) is 0 Å². The molecule has 0 saturated carbocycles. The smallest absolute Gasteiger partial charge is 0.246 e. The normalized spacial score (nSPS) is 24.8. The number of nitrogens with two attached hydrogens (primary N) is 1. The lowest BCUT2D eigenvalue weighted by Gasteiger charge is -2.16. The lowest BCUT2D eigenvalue weighted by Crippen LogP contribution is -2.47. The van der Waals surface area contributed by atoms with Gasteiger partial charge in [0.1, 0.15) is 0 Å². The maximum absolute atomic E-state index is 11.5. The van der Waals surface area contributed by atoms with Gasteiger partial charge >= 0.3 is 0 Å². The number of likely N-dealkylation sites (N-methyl/N-ethyl adjacent to an activating group) is 1. The highest BCUT2D eigenvalue weighted by atomic mass is 16.4. The Bertz CT molecular complexity index is 315. The van der Waals surface area contributed by atoms with Gasteiger partial charge < -0.3 is 10.9 Å². The van der Waals surface area contributed by atoms with Crippen molar-refractivity contribution in [1.82, 2.24) is 10.2 Å². The molecule has 2 atom stereocenters. The maximum atomic E-state index is 11.5. The largest absolute Gasteiger partial charge is 0.409 e. The van der Waals surface area contributed by atoms with Crippen molar-refractivity contribution in [1.29, 1.82) is 0 Å². The van der Waals surface area contributed by atoms with Gasteiger partial charge in [-0.3, -0.25) is 19.8 Å². The molecule has 4 N–H and O–H groups in total. The lowest BCUT2D eigenvalue weighted by molar-refractivity contribution is -0.137. The second-order valence-corrected chi connectivity index (χ2v) is 3.46. The summed E-state index contributed by atoms with van der Waals surface area (Å²) < 4.78 is 0. The molecule has 1 aliphatic heterocycles. The summed E-state index contributed by atoms with van der Waals surface area (Å²) in [5.41, 5.74) is 5.34. The minimum atomic E-state index is -0.585. The SMILES string of the molecule is CC(NC1CC(=O)N(C)C1=O)C(N)=NO. The van der Waals surface area contributed by atoms with Crippen LogP contribution < -0.4 is 11.1 Å². The molecular weight excluding hydrogens is 200 g/mol. The third-order valence-corrected chi connectivity index (χ3v) is 2.39. The van der Waals surface area contributed by atoms with E-state index in [4.69, 9.17) is 10.9 Å². The average Bonchev–Trinajstić information content (AvgIpc) is 2.45. The molecule has 84 valence electrons. The number of imide groups is 1. The Morgan fingerprint density at radius 1 is 1.73 bits per heavy atom. The number of oxime groups is 1. The van der Waals surface area contributed by atoms with Crippen molar-refractivity contribution in [2.75, 3.05) is 7.05 Å². The number of hydrogen-bond acceptors (Lipinski definition) is 5. The summed E-state index contributed by atoms with van der Waals surface area (Å²) in [6.07, 6.45) is 0.110. The first-order chi connectivity index (χ1) is 6.97. The van der Waals surface area contributed by atoms with Crippen LogP contribution in [0, 0.1) is 0 Å².